The van der Waals surface area contributed by atoms with Gasteiger partial charge in [0, 0.05) is 6.26 Å². The van der Waals surface area contributed by atoms with Crippen LogP contribution >= 0.6 is 0 Å². The summed E-state index contributed by atoms with van der Waals surface area (Å²) in [5.74, 6) is 1.33. The summed E-state index contributed by atoms with van der Waals surface area (Å²) in [4.78, 5) is -0.0409. The van der Waals surface area contributed by atoms with Gasteiger partial charge in [0.05, 0.1) is 40.1 Å². The second kappa shape index (κ2) is 9.87. The van der Waals surface area contributed by atoms with Crippen LogP contribution in [0.15, 0.2) is 29.2 Å². The number of hydrogen-bond acceptors (Lipinski definition) is 8. The van der Waals surface area contributed by atoms with Crippen LogP contribution in [0.25, 0.3) is 0 Å². The topological polar surface area (TPSA) is 101 Å². The van der Waals surface area contributed by atoms with Gasteiger partial charge in [0.2, 0.25) is 5.75 Å². The van der Waals surface area contributed by atoms with Crippen molar-refractivity contribution in [2.24, 2.45) is 0 Å². The molecule has 2 atom stereocenters. The zero-order valence-electron chi connectivity index (χ0n) is 19.0. The van der Waals surface area contributed by atoms with Crippen molar-refractivity contribution >= 4 is 9.84 Å². The van der Waals surface area contributed by atoms with Crippen LogP contribution in [0.3, 0.4) is 0 Å². The number of aromatic hydroxyl groups is 1. The van der Waals surface area contributed by atoms with Gasteiger partial charge in [-0.1, -0.05) is 6.92 Å². The summed E-state index contributed by atoms with van der Waals surface area (Å²) < 4.78 is 52.7. The molecule has 0 bridgehead atoms. The summed E-state index contributed by atoms with van der Waals surface area (Å²) in [7, 11) is 1.03. The molecular formula is C23H30O8S. The Balaban J connectivity index is 1.92. The molecule has 0 aliphatic carbocycles. The summed E-state index contributed by atoms with van der Waals surface area (Å²) >= 11 is 0. The molecule has 0 saturated carbocycles. The number of methoxy groups -OCH3 is 3. The summed E-state index contributed by atoms with van der Waals surface area (Å²) in [6.07, 6.45) is 2.50. The normalized spacial score (nSPS) is 18.4. The Morgan fingerprint density at radius 2 is 1.50 bits per heavy atom. The van der Waals surface area contributed by atoms with Gasteiger partial charge in [-0.2, -0.15) is 0 Å². The van der Waals surface area contributed by atoms with E-state index in [1.54, 1.807) is 21.3 Å². The molecule has 1 heterocycles. The van der Waals surface area contributed by atoms with E-state index in [9.17, 15) is 13.5 Å². The highest BCUT2D eigenvalue weighted by atomic mass is 32.2. The lowest BCUT2D eigenvalue weighted by molar-refractivity contribution is 0.0435. The third kappa shape index (κ3) is 4.88. The quantitative estimate of drug-likeness (QED) is 0.587. The van der Waals surface area contributed by atoms with E-state index in [1.165, 1.54) is 12.1 Å². The van der Waals surface area contributed by atoms with E-state index in [4.69, 9.17) is 23.7 Å². The monoisotopic (exact) mass is 466 g/mol. The predicted molar refractivity (Wildman–Crippen MR) is 119 cm³/mol. The number of phenolic OH excluding ortho intramolecular Hbond substituents is 1. The fraction of sp³-hybridized carbons (Fsp3) is 0.478. The maximum absolute atomic E-state index is 12.4. The molecule has 0 spiro atoms. The van der Waals surface area contributed by atoms with Gasteiger partial charge >= 0.3 is 0 Å². The molecule has 32 heavy (non-hydrogen) atoms. The predicted octanol–water partition coefficient (Wildman–Crippen LogP) is 4.20. The van der Waals surface area contributed by atoms with Crippen molar-refractivity contribution in [3.05, 3.63) is 35.4 Å². The molecule has 176 valence electrons. The Morgan fingerprint density at radius 3 is 1.97 bits per heavy atom. The molecule has 8 nitrogen and oxygen atoms in total. The molecule has 0 unspecified atom stereocenters. The van der Waals surface area contributed by atoms with E-state index < -0.39 is 9.84 Å². The second-order valence-electron chi connectivity index (χ2n) is 7.64. The maximum atomic E-state index is 12.4. The van der Waals surface area contributed by atoms with Crippen molar-refractivity contribution in [3.63, 3.8) is 0 Å². The highest BCUT2D eigenvalue weighted by Gasteiger charge is 2.31. The number of ether oxygens (including phenoxy) is 5. The van der Waals surface area contributed by atoms with E-state index in [-0.39, 0.29) is 28.6 Å². The van der Waals surface area contributed by atoms with Crippen molar-refractivity contribution < 1.29 is 37.2 Å². The minimum absolute atomic E-state index is 0.0164. The second-order valence-corrected chi connectivity index (χ2v) is 9.62. The summed E-state index contributed by atoms with van der Waals surface area (Å²) in [6, 6.07) is 6.73. The highest BCUT2D eigenvalue weighted by Crippen LogP contribution is 2.47. The SMILES string of the molecule is CCCOc1c(O)cc([C@@H]2CC[C@@H](c3cc(OC)c(OC)c(OC)c3)O2)cc1S(C)(=O)=O. The molecule has 1 aliphatic heterocycles. The van der Waals surface area contributed by atoms with Crippen molar-refractivity contribution in [1.29, 1.82) is 0 Å². The number of phenols is 1. The van der Waals surface area contributed by atoms with Crippen LogP contribution in [0.1, 0.15) is 49.5 Å². The molecule has 2 aromatic rings. The zero-order chi connectivity index (χ0) is 23.5. The molecular weight excluding hydrogens is 436 g/mol. The van der Waals surface area contributed by atoms with Gasteiger partial charge in [-0.05, 0) is 54.7 Å². The molecule has 9 heteroatoms. The molecule has 1 aliphatic rings. The lowest BCUT2D eigenvalue weighted by atomic mass is 10.0. The third-order valence-corrected chi connectivity index (χ3v) is 6.46. The Labute approximate surface area is 188 Å². The molecule has 0 amide bonds. The first kappa shape index (κ1) is 24.0. The van der Waals surface area contributed by atoms with Gasteiger partial charge in [-0.15, -0.1) is 0 Å². The Bertz CT molecular complexity index is 1040. The lowest BCUT2D eigenvalue weighted by Gasteiger charge is -2.19. The van der Waals surface area contributed by atoms with Gasteiger partial charge in [0.15, 0.2) is 32.8 Å². The van der Waals surface area contributed by atoms with Crippen molar-refractivity contribution in [2.75, 3.05) is 34.2 Å². The minimum Gasteiger partial charge on any atom is -0.504 e. The van der Waals surface area contributed by atoms with E-state index in [2.05, 4.69) is 0 Å². The number of rotatable bonds is 9. The summed E-state index contributed by atoms with van der Waals surface area (Å²) in [6.45, 7) is 2.21. The first-order valence-electron chi connectivity index (χ1n) is 10.4. The average Bonchev–Trinajstić information content (AvgIpc) is 3.26. The number of benzene rings is 2. The molecule has 2 aromatic carbocycles. The van der Waals surface area contributed by atoms with Crippen LogP contribution in [-0.2, 0) is 14.6 Å². The number of sulfone groups is 1. The fourth-order valence-corrected chi connectivity index (χ4v) is 4.68. The molecule has 0 aromatic heterocycles. The van der Waals surface area contributed by atoms with E-state index >= 15 is 0 Å². The molecule has 1 N–H and O–H groups in total. The minimum atomic E-state index is -3.62. The first-order chi connectivity index (χ1) is 15.2. The summed E-state index contributed by atoms with van der Waals surface area (Å²) in [5.41, 5.74) is 1.44. The Morgan fingerprint density at radius 1 is 0.938 bits per heavy atom. The van der Waals surface area contributed by atoms with E-state index in [1.807, 2.05) is 19.1 Å². The maximum Gasteiger partial charge on any atom is 0.203 e. The van der Waals surface area contributed by atoms with Crippen molar-refractivity contribution in [3.8, 4) is 28.7 Å². The van der Waals surface area contributed by atoms with Crippen LogP contribution in [0.4, 0.5) is 0 Å². The van der Waals surface area contributed by atoms with E-state index in [0.29, 0.717) is 48.7 Å². The summed E-state index contributed by atoms with van der Waals surface area (Å²) in [5, 5.41) is 10.5. The largest absolute Gasteiger partial charge is 0.504 e. The van der Waals surface area contributed by atoms with Crippen LogP contribution in [-0.4, -0.2) is 47.7 Å². The van der Waals surface area contributed by atoms with Crippen LogP contribution in [0.2, 0.25) is 0 Å². The molecule has 0 radical (unpaired) electrons. The van der Waals surface area contributed by atoms with Crippen molar-refractivity contribution in [2.45, 2.75) is 43.3 Å². The highest BCUT2D eigenvalue weighted by molar-refractivity contribution is 7.90. The van der Waals surface area contributed by atoms with E-state index in [0.717, 1.165) is 11.8 Å². The number of hydrogen-bond donors (Lipinski definition) is 1. The zero-order valence-corrected chi connectivity index (χ0v) is 19.8. The standard InChI is InChI=1S/C23H30O8S/c1-6-9-30-22-16(24)10-14(13-21(22)32(5,25)26)17-7-8-18(31-17)15-11-19(27-2)23(29-4)20(12-15)28-3/h10-13,17-18,24H,6-9H2,1-5H3/t17-,18-/m0/s1. The van der Waals surface area contributed by atoms with Gasteiger partial charge in [0.1, 0.15) is 4.90 Å². The smallest absolute Gasteiger partial charge is 0.203 e. The first-order valence-corrected chi connectivity index (χ1v) is 12.3. The van der Waals surface area contributed by atoms with Crippen LogP contribution in [0, 0.1) is 0 Å². The van der Waals surface area contributed by atoms with Gasteiger partial charge in [-0.25, -0.2) is 8.42 Å². The Hall–Kier alpha value is -2.65. The average molecular weight is 467 g/mol. The van der Waals surface area contributed by atoms with Gasteiger partial charge < -0.3 is 28.8 Å². The van der Waals surface area contributed by atoms with Crippen LogP contribution in [0.5, 0.6) is 28.7 Å². The lowest BCUT2D eigenvalue weighted by Crippen LogP contribution is -2.07. The molecule has 3 rings (SSSR count). The van der Waals surface area contributed by atoms with Gasteiger partial charge in [0.25, 0.3) is 0 Å². The van der Waals surface area contributed by atoms with Crippen molar-refractivity contribution in [1.82, 2.24) is 0 Å². The van der Waals surface area contributed by atoms with Gasteiger partial charge in [-0.3, -0.25) is 0 Å². The third-order valence-electron chi connectivity index (χ3n) is 5.36. The van der Waals surface area contributed by atoms with Crippen LogP contribution < -0.4 is 18.9 Å². The molecule has 1 saturated heterocycles. The fourth-order valence-electron chi connectivity index (χ4n) is 3.83. The molecule has 1 fully saturated rings. The Kier molecular flexibility index (Phi) is 7.40.